The van der Waals surface area contributed by atoms with Gasteiger partial charge in [-0.05, 0) is 49.6 Å². The van der Waals surface area contributed by atoms with Crippen molar-refractivity contribution in [1.82, 2.24) is 0 Å². The molecule has 0 aliphatic carbocycles. The number of carbonyl (C=O) groups excluding carboxylic acids is 1. The molecule has 2 rings (SSSR count). The van der Waals surface area contributed by atoms with Gasteiger partial charge in [0.15, 0.2) is 5.78 Å². The lowest BCUT2D eigenvalue weighted by Gasteiger charge is -2.11. The average Bonchev–Trinajstić information content (AvgIpc) is 2.43. The third-order valence-corrected chi connectivity index (χ3v) is 3.65. The molecule has 0 unspecified atom stereocenters. The van der Waals surface area contributed by atoms with Crippen LogP contribution in [0.5, 0.6) is 0 Å². The number of hydrogen-bond donors (Lipinski definition) is 2. The van der Waals surface area contributed by atoms with Gasteiger partial charge >= 0.3 is 0 Å². The first-order valence-corrected chi connectivity index (χ1v) is 6.68. The van der Waals surface area contributed by atoms with Crippen LogP contribution in [0.2, 0.25) is 0 Å². The van der Waals surface area contributed by atoms with Crippen LogP contribution in [0.15, 0.2) is 36.4 Å². The SMILES string of the molecule is Cc1ccc(C(=O)CNc2cccc(C)c2C)cc1N. The first-order valence-electron chi connectivity index (χ1n) is 6.68. The highest BCUT2D eigenvalue weighted by molar-refractivity contribution is 5.99. The lowest BCUT2D eigenvalue weighted by atomic mass is 10.1. The molecule has 3 nitrogen and oxygen atoms in total. The predicted molar refractivity (Wildman–Crippen MR) is 84.3 cm³/mol. The van der Waals surface area contributed by atoms with Crippen molar-refractivity contribution in [3.05, 3.63) is 58.7 Å². The minimum absolute atomic E-state index is 0.0395. The van der Waals surface area contributed by atoms with Crippen molar-refractivity contribution in [2.24, 2.45) is 0 Å². The third kappa shape index (κ3) is 2.99. The van der Waals surface area contributed by atoms with Gasteiger partial charge in [-0.25, -0.2) is 0 Å². The number of rotatable bonds is 4. The molecule has 0 saturated carbocycles. The van der Waals surface area contributed by atoms with E-state index in [0.717, 1.165) is 11.3 Å². The molecule has 0 bridgehead atoms. The highest BCUT2D eigenvalue weighted by Gasteiger charge is 2.08. The van der Waals surface area contributed by atoms with Crippen LogP contribution in [0.1, 0.15) is 27.0 Å². The van der Waals surface area contributed by atoms with Crippen molar-refractivity contribution < 1.29 is 4.79 Å². The van der Waals surface area contributed by atoms with Crippen molar-refractivity contribution in [3.63, 3.8) is 0 Å². The highest BCUT2D eigenvalue weighted by atomic mass is 16.1. The minimum Gasteiger partial charge on any atom is -0.398 e. The summed E-state index contributed by atoms with van der Waals surface area (Å²) in [6, 6.07) is 11.5. The molecule has 3 heteroatoms. The molecule has 0 aliphatic heterocycles. The van der Waals surface area contributed by atoms with Gasteiger partial charge in [0.05, 0.1) is 6.54 Å². The summed E-state index contributed by atoms with van der Waals surface area (Å²) in [5, 5.41) is 3.20. The van der Waals surface area contributed by atoms with E-state index in [9.17, 15) is 4.79 Å². The van der Waals surface area contributed by atoms with Crippen molar-refractivity contribution >= 4 is 17.2 Å². The second-order valence-corrected chi connectivity index (χ2v) is 5.10. The van der Waals surface area contributed by atoms with Crippen LogP contribution in [0.3, 0.4) is 0 Å². The topological polar surface area (TPSA) is 55.1 Å². The van der Waals surface area contributed by atoms with E-state index in [0.29, 0.717) is 11.3 Å². The molecular formula is C17H20N2O. The van der Waals surface area contributed by atoms with E-state index in [1.165, 1.54) is 11.1 Å². The van der Waals surface area contributed by atoms with Gasteiger partial charge in [0.1, 0.15) is 0 Å². The summed E-state index contributed by atoms with van der Waals surface area (Å²) in [6.07, 6.45) is 0. The fraction of sp³-hybridized carbons (Fsp3) is 0.235. The Morgan fingerprint density at radius 1 is 1.10 bits per heavy atom. The molecule has 2 aromatic rings. The van der Waals surface area contributed by atoms with Crippen molar-refractivity contribution in [2.75, 3.05) is 17.6 Å². The van der Waals surface area contributed by atoms with Gasteiger partial charge in [-0.2, -0.15) is 0 Å². The zero-order valence-corrected chi connectivity index (χ0v) is 12.2. The number of hydrogen-bond acceptors (Lipinski definition) is 3. The fourth-order valence-electron chi connectivity index (χ4n) is 2.03. The molecule has 0 heterocycles. The van der Waals surface area contributed by atoms with Crippen LogP contribution < -0.4 is 11.1 Å². The molecule has 0 saturated heterocycles. The largest absolute Gasteiger partial charge is 0.398 e. The molecule has 0 radical (unpaired) electrons. The monoisotopic (exact) mass is 268 g/mol. The van der Waals surface area contributed by atoms with Crippen LogP contribution in [0, 0.1) is 20.8 Å². The summed E-state index contributed by atoms with van der Waals surface area (Å²) >= 11 is 0. The second kappa shape index (κ2) is 5.78. The Kier molecular flexibility index (Phi) is 4.08. The van der Waals surface area contributed by atoms with Crippen LogP contribution in [0.4, 0.5) is 11.4 Å². The molecule has 0 amide bonds. The Hall–Kier alpha value is -2.29. The Morgan fingerprint density at radius 3 is 2.55 bits per heavy atom. The van der Waals surface area contributed by atoms with E-state index in [1.54, 1.807) is 6.07 Å². The Morgan fingerprint density at radius 2 is 1.85 bits per heavy atom. The van der Waals surface area contributed by atoms with E-state index in [2.05, 4.69) is 18.3 Å². The zero-order chi connectivity index (χ0) is 14.7. The minimum atomic E-state index is 0.0395. The standard InChI is InChI=1S/C17H20N2O/c1-11-5-4-6-16(13(11)3)19-10-17(20)14-8-7-12(2)15(18)9-14/h4-9,19H,10,18H2,1-3H3. The maximum absolute atomic E-state index is 12.2. The van der Waals surface area contributed by atoms with Gasteiger partial charge in [0, 0.05) is 16.9 Å². The highest BCUT2D eigenvalue weighted by Crippen LogP contribution is 2.18. The van der Waals surface area contributed by atoms with Crippen molar-refractivity contribution in [3.8, 4) is 0 Å². The number of nitrogens with two attached hydrogens (primary N) is 1. The van der Waals surface area contributed by atoms with Gasteiger partial charge in [-0.15, -0.1) is 0 Å². The molecule has 104 valence electrons. The van der Waals surface area contributed by atoms with E-state index >= 15 is 0 Å². The summed E-state index contributed by atoms with van der Waals surface area (Å²) in [5.74, 6) is 0.0395. The predicted octanol–water partition coefficient (Wildman–Crippen LogP) is 3.49. The van der Waals surface area contributed by atoms with Gasteiger partial charge in [0.2, 0.25) is 0 Å². The maximum atomic E-state index is 12.2. The Bertz CT molecular complexity index is 647. The number of carbonyl (C=O) groups is 1. The smallest absolute Gasteiger partial charge is 0.181 e. The number of Topliss-reactive ketones (excluding diaryl/α,β-unsaturated/α-hetero) is 1. The van der Waals surface area contributed by atoms with E-state index in [1.807, 2.05) is 38.1 Å². The van der Waals surface area contributed by atoms with Crippen LogP contribution in [-0.4, -0.2) is 12.3 Å². The third-order valence-electron chi connectivity index (χ3n) is 3.65. The Balaban J connectivity index is 2.08. The summed E-state index contributed by atoms with van der Waals surface area (Å²) in [4.78, 5) is 12.2. The molecule has 2 aromatic carbocycles. The zero-order valence-electron chi connectivity index (χ0n) is 12.2. The molecule has 0 spiro atoms. The maximum Gasteiger partial charge on any atom is 0.181 e. The van der Waals surface area contributed by atoms with E-state index in [4.69, 9.17) is 5.73 Å². The second-order valence-electron chi connectivity index (χ2n) is 5.10. The van der Waals surface area contributed by atoms with Crippen molar-refractivity contribution in [1.29, 1.82) is 0 Å². The first-order chi connectivity index (χ1) is 9.49. The lowest BCUT2D eigenvalue weighted by Crippen LogP contribution is -2.15. The number of benzene rings is 2. The summed E-state index contributed by atoms with van der Waals surface area (Å²) in [5.41, 5.74) is 11.5. The number of nitrogens with one attached hydrogen (secondary N) is 1. The van der Waals surface area contributed by atoms with Gasteiger partial charge < -0.3 is 11.1 Å². The number of aryl methyl sites for hydroxylation is 2. The number of ketones is 1. The normalized spacial score (nSPS) is 10.3. The number of anilines is 2. The van der Waals surface area contributed by atoms with Gasteiger partial charge in [-0.3, -0.25) is 4.79 Å². The molecule has 0 aromatic heterocycles. The molecule has 3 N–H and O–H groups in total. The first kappa shape index (κ1) is 14.1. The van der Waals surface area contributed by atoms with Gasteiger partial charge in [0.25, 0.3) is 0 Å². The van der Waals surface area contributed by atoms with E-state index in [-0.39, 0.29) is 12.3 Å². The average molecular weight is 268 g/mol. The van der Waals surface area contributed by atoms with Crippen LogP contribution in [0.25, 0.3) is 0 Å². The summed E-state index contributed by atoms with van der Waals surface area (Å²) < 4.78 is 0. The Labute approximate surface area is 119 Å². The lowest BCUT2D eigenvalue weighted by molar-refractivity contribution is 0.101. The van der Waals surface area contributed by atoms with Crippen LogP contribution in [-0.2, 0) is 0 Å². The number of nitrogen functional groups attached to an aromatic ring is 1. The molecule has 0 atom stereocenters. The fourth-order valence-corrected chi connectivity index (χ4v) is 2.03. The van der Waals surface area contributed by atoms with Gasteiger partial charge in [-0.1, -0.05) is 24.3 Å². The molecule has 0 fully saturated rings. The molecule has 20 heavy (non-hydrogen) atoms. The summed E-state index contributed by atoms with van der Waals surface area (Å²) in [6.45, 7) is 6.31. The van der Waals surface area contributed by atoms with Crippen molar-refractivity contribution in [2.45, 2.75) is 20.8 Å². The molecule has 0 aliphatic rings. The molecular weight excluding hydrogens is 248 g/mol. The quantitative estimate of drug-likeness (QED) is 0.659. The van der Waals surface area contributed by atoms with Crippen LogP contribution >= 0.6 is 0 Å². The van der Waals surface area contributed by atoms with E-state index < -0.39 is 0 Å². The summed E-state index contributed by atoms with van der Waals surface area (Å²) in [7, 11) is 0.